The molecule has 0 unspecified atom stereocenters. The Morgan fingerprint density at radius 2 is 2.00 bits per heavy atom. The predicted octanol–water partition coefficient (Wildman–Crippen LogP) is 4.16. The molecule has 0 spiro atoms. The van der Waals surface area contributed by atoms with Gasteiger partial charge in [0.15, 0.2) is 5.16 Å². The first-order valence-corrected chi connectivity index (χ1v) is 8.60. The zero-order valence-corrected chi connectivity index (χ0v) is 14.0. The van der Waals surface area contributed by atoms with Crippen LogP contribution in [0.1, 0.15) is 18.1 Å². The molecule has 23 heavy (non-hydrogen) atoms. The summed E-state index contributed by atoms with van der Waals surface area (Å²) in [6.45, 7) is 4.16. The molecule has 0 atom stereocenters. The fourth-order valence-electron chi connectivity index (χ4n) is 2.32. The first-order valence-electron chi connectivity index (χ1n) is 7.62. The number of amides is 1. The Bertz CT molecular complexity index is 824. The molecule has 0 aliphatic rings. The number of carbonyl (C=O) groups excluding carboxylic acids is 1. The molecule has 1 aromatic heterocycles. The molecule has 5 heteroatoms. The first-order chi connectivity index (χ1) is 11.1. The van der Waals surface area contributed by atoms with Gasteiger partial charge in [-0.15, -0.1) is 0 Å². The van der Waals surface area contributed by atoms with Crippen molar-refractivity contribution in [2.45, 2.75) is 25.4 Å². The van der Waals surface area contributed by atoms with Crippen molar-refractivity contribution >= 4 is 34.4 Å². The smallest absolute Gasteiger partial charge is 0.234 e. The van der Waals surface area contributed by atoms with Crippen LogP contribution in [0, 0.1) is 6.92 Å². The number of carbonyl (C=O) groups is 1. The second kappa shape index (κ2) is 6.87. The van der Waals surface area contributed by atoms with Crippen LogP contribution in [0.4, 0.5) is 5.69 Å². The van der Waals surface area contributed by atoms with E-state index in [-0.39, 0.29) is 5.91 Å². The van der Waals surface area contributed by atoms with Gasteiger partial charge in [0.1, 0.15) is 0 Å². The summed E-state index contributed by atoms with van der Waals surface area (Å²) in [6, 6.07) is 14.0. The summed E-state index contributed by atoms with van der Waals surface area (Å²) >= 11 is 1.41. The van der Waals surface area contributed by atoms with E-state index in [1.54, 1.807) is 0 Å². The largest absolute Gasteiger partial charge is 0.333 e. The Hall–Kier alpha value is -2.27. The molecule has 0 aliphatic carbocycles. The maximum atomic E-state index is 12.0. The fourth-order valence-corrected chi connectivity index (χ4v) is 3.01. The van der Waals surface area contributed by atoms with Gasteiger partial charge in [-0.1, -0.05) is 36.9 Å². The molecular weight excluding hydrogens is 306 g/mol. The van der Waals surface area contributed by atoms with Gasteiger partial charge in [-0.2, -0.15) is 0 Å². The Kier molecular flexibility index (Phi) is 4.67. The van der Waals surface area contributed by atoms with Crippen molar-refractivity contribution in [3.8, 4) is 0 Å². The Balaban J connectivity index is 1.58. The minimum atomic E-state index is -0.0316. The summed E-state index contributed by atoms with van der Waals surface area (Å²) in [7, 11) is 0. The molecule has 118 valence electrons. The SMILES string of the molecule is CCc1ccc(NC(=O)CSc2nc3ccc(C)cc3[nH]2)cc1. The molecule has 1 heterocycles. The highest BCUT2D eigenvalue weighted by atomic mass is 32.2. The molecule has 0 bridgehead atoms. The molecule has 0 fully saturated rings. The van der Waals surface area contributed by atoms with Crippen LogP contribution in [0.15, 0.2) is 47.6 Å². The topological polar surface area (TPSA) is 57.8 Å². The van der Waals surface area contributed by atoms with E-state index in [2.05, 4.69) is 28.3 Å². The van der Waals surface area contributed by atoms with Crippen LogP contribution < -0.4 is 5.32 Å². The first kappa shape index (κ1) is 15.6. The maximum absolute atomic E-state index is 12.0. The van der Waals surface area contributed by atoms with Crippen molar-refractivity contribution in [1.82, 2.24) is 9.97 Å². The number of aromatic nitrogens is 2. The van der Waals surface area contributed by atoms with Crippen LogP contribution in [0.25, 0.3) is 11.0 Å². The number of fused-ring (bicyclic) bond motifs is 1. The van der Waals surface area contributed by atoms with Gasteiger partial charge in [0, 0.05) is 5.69 Å². The quantitative estimate of drug-likeness (QED) is 0.692. The highest BCUT2D eigenvalue weighted by molar-refractivity contribution is 7.99. The predicted molar refractivity (Wildman–Crippen MR) is 96.0 cm³/mol. The molecule has 4 nitrogen and oxygen atoms in total. The van der Waals surface area contributed by atoms with Crippen molar-refractivity contribution in [2.75, 3.05) is 11.1 Å². The number of hydrogen-bond acceptors (Lipinski definition) is 3. The third-order valence-electron chi connectivity index (χ3n) is 3.60. The van der Waals surface area contributed by atoms with E-state index in [4.69, 9.17) is 0 Å². The number of nitrogens with one attached hydrogen (secondary N) is 2. The van der Waals surface area contributed by atoms with Gasteiger partial charge in [0.05, 0.1) is 16.8 Å². The minimum absolute atomic E-state index is 0.0316. The average Bonchev–Trinajstić information content (AvgIpc) is 2.95. The molecule has 3 rings (SSSR count). The summed E-state index contributed by atoms with van der Waals surface area (Å²) in [5, 5.41) is 3.67. The van der Waals surface area contributed by atoms with Gasteiger partial charge in [-0.3, -0.25) is 4.79 Å². The highest BCUT2D eigenvalue weighted by Gasteiger charge is 2.07. The van der Waals surface area contributed by atoms with Crippen molar-refractivity contribution in [3.05, 3.63) is 53.6 Å². The van der Waals surface area contributed by atoms with Crippen LogP contribution in [0.2, 0.25) is 0 Å². The van der Waals surface area contributed by atoms with Crippen LogP contribution in [-0.4, -0.2) is 21.6 Å². The normalized spacial score (nSPS) is 10.9. The second-order valence-electron chi connectivity index (χ2n) is 5.45. The standard InChI is InChI=1S/C18H19N3OS/c1-3-13-5-7-14(8-6-13)19-17(22)11-23-18-20-15-9-4-12(2)10-16(15)21-18/h4-10H,3,11H2,1-2H3,(H,19,22)(H,20,21). The van der Waals surface area contributed by atoms with Gasteiger partial charge < -0.3 is 10.3 Å². The average molecular weight is 325 g/mol. The van der Waals surface area contributed by atoms with Crippen molar-refractivity contribution in [2.24, 2.45) is 0 Å². The minimum Gasteiger partial charge on any atom is -0.333 e. The van der Waals surface area contributed by atoms with Gasteiger partial charge in [-0.05, 0) is 48.7 Å². The second-order valence-corrected chi connectivity index (χ2v) is 6.41. The summed E-state index contributed by atoms with van der Waals surface area (Å²) in [5.74, 6) is 0.296. The number of hydrogen-bond donors (Lipinski definition) is 2. The van der Waals surface area contributed by atoms with E-state index < -0.39 is 0 Å². The van der Waals surface area contributed by atoms with E-state index in [1.165, 1.54) is 22.9 Å². The van der Waals surface area contributed by atoms with Crippen LogP contribution >= 0.6 is 11.8 Å². The lowest BCUT2D eigenvalue weighted by Gasteiger charge is -2.05. The molecule has 0 radical (unpaired) electrons. The van der Waals surface area contributed by atoms with Crippen molar-refractivity contribution in [1.29, 1.82) is 0 Å². The van der Waals surface area contributed by atoms with E-state index in [9.17, 15) is 4.79 Å². The van der Waals surface area contributed by atoms with Crippen molar-refractivity contribution in [3.63, 3.8) is 0 Å². The number of anilines is 1. The molecule has 3 aromatic rings. The zero-order valence-electron chi connectivity index (χ0n) is 13.2. The lowest BCUT2D eigenvalue weighted by molar-refractivity contribution is -0.113. The molecule has 2 N–H and O–H groups in total. The van der Waals surface area contributed by atoms with E-state index in [1.807, 2.05) is 43.3 Å². The van der Waals surface area contributed by atoms with Gasteiger partial charge >= 0.3 is 0 Å². The number of aryl methyl sites for hydroxylation is 2. The maximum Gasteiger partial charge on any atom is 0.234 e. The third-order valence-corrected chi connectivity index (χ3v) is 4.47. The lowest BCUT2D eigenvalue weighted by Crippen LogP contribution is -2.14. The van der Waals surface area contributed by atoms with E-state index in [0.29, 0.717) is 5.75 Å². The number of aromatic amines is 1. The summed E-state index contributed by atoms with van der Waals surface area (Å²) < 4.78 is 0. The number of imidazole rings is 1. The molecule has 1 amide bonds. The van der Waals surface area contributed by atoms with Crippen molar-refractivity contribution < 1.29 is 4.79 Å². The summed E-state index contributed by atoms with van der Waals surface area (Å²) in [6.07, 6.45) is 0.996. The van der Waals surface area contributed by atoms with Crippen LogP contribution in [0.5, 0.6) is 0 Å². The molecule has 2 aromatic carbocycles. The lowest BCUT2D eigenvalue weighted by atomic mass is 10.1. The summed E-state index contributed by atoms with van der Waals surface area (Å²) in [4.78, 5) is 19.8. The number of benzene rings is 2. The Morgan fingerprint density at radius 3 is 2.74 bits per heavy atom. The molecule has 0 saturated heterocycles. The van der Waals surface area contributed by atoms with Crippen LogP contribution in [0.3, 0.4) is 0 Å². The fraction of sp³-hybridized carbons (Fsp3) is 0.222. The Morgan fingerprint density at radius 1 is 1.22 bits per heavy atom. The number of nitrogens with zero attached hydrogens (tertiary/aromatic N) is 1. The van der Waals surface area contributed by atoms with Gasteiger partial charge in [-0.25, -0.2) is 4.98 Å². The van der Waals surface area contributed by atoms with Crippen LogP contribution in [-0.2, 0) is 11.2 Å². The molecule has 0 saturated carbocycles. The third kappa shape index (κ3) is 3.93. The Labute approximate surface area is 139 Å². The number of rotatable bonds is 5. The van der Waals surface area contributed by atoms with Gasteiger partial charge in [0.2, 0.25) is 5.91 Å². The number of thioether (sulfide) groups is 1. The van der Waals surface area contributed by atoms with E-state index >= 15 is 0 Å². The zero-order chi connectivity index (χ0) is 16.2. The monoisotopic (exact) mass is 325 g/mol. The van der Waals surface area contributed by atoms with Gasteiger partial charge in [0.25, 0.3) is 0 Å². The molecule has 0 aliphatic heterocycles. The van der Waals surface area contributed by atoms with E-state index in [0.717, 1.165) is 28.3 Å². The number of H-pyrrole nitrogens is 1. The summed E-state index contributed by atoms with van der Waals surface area (Å²) in [5.41, 5.74) is 5.20. The molecular formula is C18H19N3OS. The highest BCUT2D eigenvalue weighted by Crippen LogP contribution is 2.20.